The number of ether oxygens (including phenoxy) is 1. The topological polar surface area (TPSA) is 21.3 Å². The molecular formula is C17H17BrClNO. The summed E-state index contributed by atoms with van der Waals surface area (Å²) in [4.78, 5) is 0. The Balaban J connectivity index is 1.68. The minimum Gasteiger partial charge on any atom is -0.488 e. The van der Waals surface area contributed by atoms with Crippen LogP contribution in [0.1, 0.15) is 16.7 Å². The van der Waals surface area contributed by atoms with Crippen molar-refractivity contribution in [3.05, 3.63) is 56.5 Å². The van der Waals surface area contributed by atoms with Gasteiger partial charge in [0.2, 0.25) is 0 Å². The lowest BCUT2D eigenvalue weighted by Gasteiger charge is -2.16. The van der Waals surface area contributed by atoms with Crippen LogP contribution >= 0.6 is 27.5 Å². The van der Waals surface area contributed by atoms with Gasteiger partial charge in [-0.05, 0) is 70.7 Å². The second kappa shape index (κ2) is 5.90. The molecular weight excluding hydrogens is 350 g/mol. The number of rotatable bonds is 3. The summed E-state index contributed by atoms with van der Waals surface area (Å²) in [5.74, 6) is 0.950. The third-order valence-electron chi connectivity index (χ3n) is 3.70. The van der Waals surface area contributed by atoms with E-state index in [0.717, 1.165) is 33.9 Å². The molecule has 0 radical (unpaired) electrons. The predicted molar refractivity (Wildman–Crippen MR) is 91.7 cm³/mol. The highest BCUT2D eigenvalue weighted by molar-refractivity contribution is 9.10. The van der Waals surface area contributed by atoms with Crippen molar-refractivity contribution >= 4 is 33.2 Å². The van der Waals surface area contributed by atoms with Crippen LogP contribution in [0.3, 0.4) is 0 Å². The van der Waals surface area contributed by atoms with Crippen LogP contribution in [-0.2, 0) is 6.42 Å². The molecule has 1 aliphatic heterocycles. The summed E-state index contributed by atoms with van der Waals surface area (Å²) in [6.07, 6.45) is 1.04. The molecule has 1 N–H and O–H groups in total. The molecule has 1 aliphatic rings. The number of anilines is 1. The molecule has 4 heteroatoms. The van der Waals surface area contributed by atoms with Crippen LogP contribution in [-0.4, -0.2) is 12.6 Å². The Bertz CT molecular complexity index is 663. The van der Waals surface area contributed by atoms with Gasteiger partial charge in [-0.1, -0.05) is 17.7 Å². The van der Waals surface area contributed by atoms with Crippen LogP contribution in [0.15, 0.2) is 34.8 Å². The van der Waals surface area contributed by atoms with E-state index in [1.807, 2.05) is 18.2 Å². The zero-order chi connectivity index (χ0) is 15.0. The minimum atomic E-state index is 0.145. The molecule has 1 heterocycles. The zero-order valence-electron chi connectivity index (χ0n) is 12.0. The van der Waals surface area contributed by atoms with Crippen molar-refractivity contribution in [1.29, 1.82) is 0 Å². The molecule has 0 amide bonds. The molecule has 21 heavy (non-hydrogen) atoms. The van der Waals surface area contributed by atoms with Crippen molar-refractivity contribution in [3.63, 3.8) is 0 Å². The molecule has 110 valence electrons. The maximum absolute atomic E-state index is 6.02. The smallest absolute Gasteiger partial charge is 0.123 e. The molecule has 0 saturated heterocycles. The van der Waals surface area contributed by atoms with Gasteiger partial charge < -0.3 is 10.1 Å². The lowest BCUT2D eigenvalue weighted by atomic mass is 10.1. The number of hydrogen-bond donors (Lipinski definition) is 1. The van der Waals surface area contributed by atoms with Crippen molar-refractivity contribution in [3.8, 4) is 5.75 Å². The average Bonchev–Trinajstić information content (AvgIpc) is 2.79. The van der Waals surface area contributed by atoms with E-state index in [0.29, 0.717) is 0 Å². The highest BCUT2D eigenvalue weighted by Gasteiger charge is 2.23. The fourth-order valence-electron chi connectivity index (χ4n) is 2.76. The van der Waals surface area contributed by atoms with Gasteiger partial charge in [-0.3, -0.25) is 0 Å². The van der Waals surface area contributed by atoms with Gasteiger partial charge in [0.15, 0.2) is 0 Å². The molecule has 0 saturated carbocycles. The Morgan fingerprint density at radius 1 is 1.29 bits per heavy atom. The van der Waals surface area contributed by atoms with Gasteiger partial charge in [-0.2, -0.15) is 0 Å². The molecule has 0 spiro atoms. The van der Waals surface area contributed by atoms with Gasteiger partial charge in [0.1, 0.15) is 11.9 Å². The Morgan fingerprint density at radius 2 is 2.10 bits per heavy atom. The predicted octanol–water partition coefficient (Wildman–Crippen LogP) is 5.13. The van der Waals surface area contributed by atoms with Gasteiger partial charge in [0.05, 0.1) is 12.2 Å². The third-order valence-corrected chi connectivity index (χ3v) is 4.56. The first kappa shape index (κ1) is 14.7. The fourth-order valence-corrected chi connectivity index (χ4v) is 3.77. The van der Waals surface area contributed by atoms with Crippen LogP contribution < -0.4 is 10.1 Å². The van der Waals surface area contributed by atoms with Gasteiger partial charge >= 0.3 is 0 Å². The Morgan fingerprint density at radius 3 is 2.86 bits per heavy atom. The largest absolute Gasteiger partial charge is 0.488 e. The van der Waals surface area contributed by atoms with Crippen molar-refractivity contribution in [1.82, 2.24) is 0 Å². The molecule has 0 aliphatic carbocycles. The molecule has 2 aromatic carbocycles. The van der Waals surface area contributed by atoms with Gasteiger partial charge in [0.25, 0.3) is 0 Å². The van der Waals surface area contributed by atoms with E-state index < -0.39 is 0 Å². The Hall–Kier alpha value is -1.19. The van der Waals surface area contributed by atoms with E-state index in [9.17, 15) is 0 Å². The number of fused-ring (bicyclic) bond motifs is 1. The zero-order valence-corrected chi connectivity index (χ0v) is 14.4. The molecule has 1 atom stereocenters. The maximum atomic E-state index is 6.02. The number of hydrogen-bond acceptors (Lipinski definition) is 2. The van der Waals surface area contributed by atoms with Gasteiger partial charge in [-0.25, -0.2) is 0 Å². The van der Waals surface area contributed by atoms with Crippen LogP contribution in [0.4, 0.5) is 5.69 Å². The van der Waals surface area contributed by atoms with Crippen molar-refractivity contribution in [2.24, 2.45) is 0 Å². The molecule has 3 rings (SSSR count). The summed E-state index contributed by atoms with van der Waals surface area (Å²) in [6.45, 7) is 4.99. The molecule has 0 aromatic heterocycles. The summed E-state index contributed by atoms with van der Waals surface area (Å²) in [5, 5.41) is 4.26. The lowest BCUT2D eigenvalue weighted by Crippen LogP contribution is -2.24. The summed E-state index contributed by atoms with van der Waals surface area (Å²) in [6, 6.07) is 10.1. The minimum absolute atomic E-state index is 0.145. The maximum Gasteiger partial charge on any atom is 0.123 e. The Labute approximate surface area is 138 Å². The Kier molecular flexibility index (Phi) is 4.14. The standard InChI is InChI=1S/C17H17BrClNO/c1-10-5-11(2)17(15(18)6-10)20-9-14-8-12-7-13(19)3-4-16(12)21-14/h3-7,14,20H,8-9H2,1-2H3. The van der Waals surface area contributed by atoms with Gasteiger partial charge in [-0.15, -0.1) is 0 Å². The monoisotopic (exact) mass is 365 g/mol. The summed E-state index contributed by atoms with van der Waals surface area (Å²) in [5.41, 5.74) is 4.82. The number of nitrogens with one attached hydrogen (secondary N) is 1. The number of aryl methyl sites for hydroxylation is 2. The lowest BCUT2D eigenvalue weighted by molar-refractivity contribution is 0.246. The molecule has 1 unspecified atom stereocenters. The van der Waals surface area contributed by atoms with Gasteiger partial charge in [0, 0.05) is 15.9 Å². The van der Waals surface area contributed by atoms with Crippen LogP contribution in [0.2, 0.25) is 5.02 Å². The van der Waals surface area contributed by atoms with E-state index in [1.165, 1.54) is 16.7 Å². The summed E-state index contributed by atoms with van der Waals surface area (Å²) in [7, 11) is 0. The average molecular weight is 367 g/mol. The van der Waals surface area contributed by atoms with Crippen molar-refractivity contribution in [2.75, 3.05) is 11.9 Å². The molecule has 2 nitrogen and oxygen atoms in total. The molecule has 2 aromatic rings. The number of benzene rings is 2. The first-order chi connectivity index (χ1) is 10.0. The second-order valence-electron chi connectivity index (χ2n) is 5.52. The molecule has 0 bridgehead atoms. The van der Waals surface area contributed by atoms with Crippen LogP contribution in [0, 0.1) is 13.8 Å². The van der Waals surface area contributed by atoms with E-state index in [2.05, 4.69) is 47.2 Å². The van der Waals surface area contributed by atoms with E-state index in [1.54, 1.807) is 0 Å². The SMILES string of the molecule is Cc1cc(C)c(NCC2Cc3cc(Cl)ccc3O2)c(Br)c1. The first-order valence-electron chi connectivity index (χ1n) is 6.98. The van der Waals surface area contributed by atoms with Crippen LogP contribution in [0.5, 0.6) is 5.75 Å². The highest BCUT2D eigenvalue weighted by atomic mass is 79.9. The van der Waals surface area contributed by atoms with E-state index >= 15 is 0 Å². The normalized spacial score (nSPS) is 16.5. The van der Waals surface area contributed by atoms with E-state index in [4.69, 9.17) is 16.3 Å². The summed E-state index contributed by atoms with van der Waals surface area (Å²) >= 11 is 9.65. The van der Waals surface area contributed by atoms with E-state index in [-0.39, 0.29) is 6.10 Å². The highest BCUT2D eigenvalue weighted by Crippen LogP contribution is 2.32. The molecule has 0 fully saturated rings. The van der Waals surface area contributed by atoms with Crippen molar-refractivity contribution in [2.45, 2.75) is 26.4 Å². The van der Waals surface area contributed by atoms with Crippen LogP contribution in [0.25, 0.3) is 0 Å². The first-order valence-corrected chi connectivity index (χ1v) is 8.16. The fraction of sp³-hybridized carbons (Fsp3) is 0.294. The third kappa shape index (κ3) is 3.19. The number of halogens is 2. The second-order valence-corrected chi connectivity index (χ2v) is 6.81. The summed E-state index contributed by atoms with van der Waals surface area (Å²) < 4.78 is 7.05. The van der Waals surface area contributed by atoms with Crippen molar-refractivity contribution < 1.29 is 4.74 Å². The quantitative estimate of drug-likeness (QED) is 0.812.